The van der Waals surface area contributed by atoms with Crippen LogP contribution in [0.3, 0.4) is 0 Å². The van der Waals surface area contributed by atoms with E-state index in [9.17, 15) is 0 Å². The lowest BCUT2D eigenvalue weighted by Gasteiger charge is -2.13. The lowest BCUT2D eigenvalue weighted by atomic mass is 10.3. The van der Waals surface area contributed by atoms with Crippen LogP contribution >= 0.6 is 0 Å². The predicted molar refractivity (Wildman–Crippen MR) is 67.4 cm³/mol. The van der Waals surface area contributed by atoms with Crippen LogP contribution in [0.2, 0.25) is 0 Å². The molecule has 0 fully saturated rings. The molecule has 4 heteroatoms. The number of aliphatic imine (C=N–C) groups is 1. The van der Waals surface area contributed by atoms with E-state index < -0.39 is 0 Å². The maximum atomic E-state index is 4.16. The Balaban J connectivity index is 3.45. The maximum absolute atomic E-state index is 4.16. The van der Waals surface area contributed by atoms with Crippen molar-refractivity contribution in [1.29, 1.82) is 0 Å². The quantitative estimate of drug-likeness (QED) is 0.376. The number of unbranched alkanes of at least 4 members (excludes halogenated alkanes) is 1. The highest BCUT2D eigenvalue weighted by molar-refractivity contribution is 5.79. The Morgan fingerprint density at radius 3 is 2.20 bits per heavy atom. The number of hydrogen-bond donors (Lipinski definition) is 2. The first-order valence-electron chi connectivity index (χ1n) is 5.80. The first kappa shape index (κ1) is 14.2. The summed E-state index contributed by atoms with van der Waals surface area (Å²) in [5.41, 5.74) is 0. The fourth-order valence-electron chi connectivity index (χ4n) is 1.21. The molecule has 0 radical (unpaired) electrons. The van der Waals surface area contributed by atoms with Gasteiger partial charge in [-0.25, -0.2) is 0 Å². The van der Waals surface area contributed by atoms with Crippen molar-refractivity contribution in [1.82, 2.24) is 15.5 Å². The molecule has 0 aromatic carbocycles. The van der Waals surface area contributed by atoms with Gasteiger partial charge in [-0.15, -0.1) is 0 Å². The number of guanidine groups is 1. The van der Waals surface area contributed by atoms with Gasteiger partial charge in [0.05, 0.1) is 0 Å². The third-order valence-corrected chi connectivity index (χ3v) is 2.12. The van der Waals surface area contributed by atoms with Gasteiger partial charge in [0.15, 0.2) is 5.96 Å². The summed E-state index contributed by atoms with van der Waals surface area (Å²) in [6.45, 7) is 5.28. The molecule has 0 rings (SSSR count). The Morgan fingerprint density at radius 1 is 1.13 bits per heavy atom. The second-order valence-corrected chi connectivity index (χ2v) is 3.94. The molecule has 15 heavy (non-hydrogen) atoms. The smallest absolute Gasteiger partial charge is 0.190 e. The molecule has 0 aliphatic rings. The van der Waals surface area contributed by atoms with E-state index in [2.05, 4.69) is 41.5 Å². The average Bonchev–Trinajstić information content (AvgIpc) is 2.21. The second-order valence-electron chi connectivity index (χ2n) is 3.94. The molecule has 90 valence electrons. The number of rotatable bonds is 7. The lowest BCUT2D eigenvalue weighted by Crippen LogP contribution is -2.38. The Bertz CT molecular complexity index is 166. The second kappa shape index (κ2) is 9.77. The van der Waals surface area contributed by atoms with Crippen LogP contribution in [0.4, 0.5) is 0 Å². The van der Waals surface area contributed by atoms with Gasteiger partial charge >= 0.3 is 0 Å². The standard InChI is InChI=1S/C11H26N4/c1-5-6-8-13-11(12-2)14-9-7-10-15(3)4/h5-10H2,1-4H3,(H2,12,13,14). The molecule has 0 saturated heterocycles. The minimum Gasteiger partial charge on any atom is -0.356 e. The van der Waals surface area contributed by atoms with E-state index in [4.69, 9.17) is 0 Å². The molecule has 4 nitrogen and oxygen atoms in total. The molecule has 0 spiro atoms. The molecule has 0 aliphatic heterocycles. The van der Waals surface area contributed by atoms with Crippen LogP contribution in [0, 0.1) is 0 Å². The molecule has 0 aliphatic carbocycles. The zero-order valence-corrected chi connectivity index (χ0v) is 10.6. The summed E-state index contributed by atoms with van der Waals surface area (Å²) in [5, 5.41) is 6.58. The van der Waals surface area contributed by atoms with Crippen LogP contribution in [-0.2, 0) is 0 Å². The molecule has 0 aromatic rings. The van der Waals surface area contributed by atoms with Crippen LogP contribution in [0.25, 0.3) is 0 Å². The summed E-state index contributed by atoms with van der Waals surface area (Å²) in [4.78, 5) is 6.35. The summed E-state index contributed by atoms with van der Waals surface area (Å²) in [6, 6.07) is 0. The van der Waals surface area contributed by atoms with Gasteiger partial charge in [0.2, 0.25) is 0 Å². The van der Waals surface area contributed by atoms with Crippen LogP contribution in [0.5, 0.6) is 0 Å². The zero-order valence-electron chi connectivity index (χ0n) is 10.6. The van der Waals surface area contributed by atoms with E-state index in [1.807, 2.05) is 7.05 Å². The van der Waals surface area contributed by atoms with Gasteiger partial charge in [0.1, 0.15) is 0 Å². The van der Waals surface area contributed by atoms with Gasteiger partial charge in [-0.3, -0.25) is 4.99 Å². The van der Waals surface area contributed by atoms with Gasteiger partial charge < -0.3 is 15.5 Å². The molecule has 0 saturated carbocycles. The zero-order chi connectivity index (χ0) is 11.5. The number of hydrogen-bond acceptors (Lipinski definition) is 2. The van der Waals surface area contributed by atoms with Crippen molar-refractivity contribution < 1.29 is 0 Å². The molecular weight excluding hydrogens is 188 g/mol. The Morgan fingerprint density at radius 2 is 1.73 bits per heavy atom. The molecule has 0 aromatic heterocycles. The third-order valence-electron chi connectivity index (χ3n) is 2.12. The van der Waals surface area contributed by atoms with Crippen molar-refractivity contribution in [3.05, 3.63) is 0 Å². The molecular formula is C11H26N4. The van der Waals surface area contributed by atoms with Gasteiger partial charge in [0.25, 0.3) is 0 Å². The normalized spacial score (nSPS) is 11.9. The highest BCUT2D eigenvalue weighted by Gasteiger charge is 1.95. The van der Waals surface area contributed by atoms with Gasteiger partial charge in [-0.1, -0.05) is 13.3 Å². The summed E-state index contributed by atoms with van der Waals surface area (Å²) in [5.74, 6) is 0.919. The van der Waals surface area contributed by atoms with Crippen molar-refractivity contribution in [2.24, 2.45) is 4.99 Å². The SMILES string of the molecule is CCCCNC(=NC)NCCCN(C)C. The lowest BCUT2D eigenvalue weighted by molar-refractivity contribution is 0.399. The molecule has 0 bridgehead atoms. The predicted octanol–water partition coefficient (Wildman–Crippen LogP) is 0.903. The van der Waals surface area contributed by atoms with Gasteiger partial charge in [0, 0.05) is 20.1 Å². The molecule has 0 heterocycles. The van der Waals surface area contributed by atoms with Crippen molar-refractivity contribution in [2.45, 2.75) is 26.2 Å². The van der Waals surface area contributed by atoms with E-state index in [0.29, 0.717) is 0 Å². The first-order chi connectivity index (χ1) is 7.20. The topological polar surface area (TPSA) is 39.7 Å². The molecule has 0 unspecified atom stereocenters. The van der Waals surface area contributed by atoms with Crippen molar-refractivity contribution in [3.8, 4) is 0 Å². The average molecular weight is 214 g/mol. The summed E-state index contributed by atoms with van der Waals surface area (Å²) in [6.07, 6.45) is 3.55. The van der Waals surface area contributed by atoms with E-state index in [-0.39, 0.29) is 0 Å². The van der Waals surface area contributed by atoms with Crippen molar-refractivity contribution >= 4 is 5.96 Å². The largest absolute Gasteiger partial charge is 0.356 e. The summed E-state index contributed by atoms with van der Waals surface area (Å²) >= 11 is 0. The summed E-state index contributed by atoms with van der Waals surface area (Å²) in [7, 11) is 6.00. The van der Waals surface area contributed by atoms with E-state index in [0.717, 1.165) is 32.0 Å². The Kier molecular flexibility index (Phi) is 9.27. The van der Waals surface area contributed by atoms with Crippen molar-refractivity contribution in [3.63, 3.8) is 0 Å². The number of nitrogens with zero attached hydrogens (tertiary/aromatic N) is 2. The van der Waals surface area contributed by atoms with Crippen LogP contribution in [0.15, 0.2) is 4.99 Å². The highest BCUT2D eigenvalue weighted by atomic mass is 15.2. The fourth-order valence-corrected chi connectivity index (χ4v) is 1.21. The monoisotopic (exact) mass is 214 g/mol. The van der Waals surface area contributed by atoms with Crippen LogP contribution in [0.1, 0.15) is 26.2 Å². The summed E-state index contributed by atoms with van der Waals surface area (Å²) < 4.78 is 0. The van der Waals surface area contributed by atoms with E-state index in [1.54, 1.807) is 0 Å². The minimum absolute atomic E-state index is 0.919. The third kappa shape index (κ3) is 9.53. The van der Waals surface area contributed by atoms with E-state index in [1.165, 1.54) is 12.8 Å². The molecule has 0 amide bonds. The minimum atomic E-state index is 0.919. The van der Waals surface area contributed by atoms with E-state index >= 15 is 0 Å². The van der Waals surface area contributed by atoms with Crippen LogP contribution in [-0.4, -0.2) is 51.6 Å². The Labute approximate surface area is 94.1 Å². The highest BCUT2D eigenvalue weighted by Crippen LogP contribution is 1.83. The first-order valence-corrected chi connectivity index (χ1v) is 5.80. The molecule has 2 N–H and O–H groups in total. The maximum Gasteiger partial charge on any atom is 0.190 e. The van der Waals surface area contributed by atoms with Crippen molar-refractivity contribution in [2.75, 3.05) is 40.8 Å². The van der Waals surface area contributed by atoms with Gasteiger partial charge in [-0.2, -0.15) is 0 Å². The van der Waals surface area contributed by atoms with Crippen LogP contribution < -0.4 is 10.6 Å². The van der Waals surface area contributed by atoms with Gasteiger partial charge in [-0.05, 0) is 33.5 Å². The number of nitrogens with one attached hydrogen (secondary N) is 2. The fraction of sp³-hybridized carbons (Fsp3) is 0.909. The Hall–Kier alpha value is -0.770. The molecule has 0 atom stereocenters.